The zero-order valence-corrected chi connectivity index (χ0v) is 13.5. The van der Waals surface area contributed by atoms with E-state index in [4.69, 9.17) is 23.2 Å². The molecule has 5 nitrogen and oxygen atoms in total. The van der Waals surface area contributed by atoms with Gasteiger partial charge in [0, 0.05) is 12.2 Å². The molecular formula is C15H18Cl2N2O3. The van der Waals surface area contributed by atoms with E-state index >= 15 is 0 Å². The number of carbonyl (C=O) groups excluding carboxylic acids is 2. The molecule has 0 aliphatic heterocycles. The highest BCUT2D eigenvalue weighted by molar-refractivity contribution is 6.42. The second-order valence-corrected chi connectivity index (χ2v) is 6.29. The van der Waals surface area contributed by atoms with Crippen LogP contribution in [0.2, 0.25) is 10.0 Å². The van der Waals surface area contributed by atoms with Crippen molar-refractivity contribution in [3.8, 4) is 0 Å². The van der Waals surface area contributed by atoms with E-state index in [1.54, 1.807) is 12.1 Å². The van der Waals surface area contributed by atoms with Crippen LogP contribution in [0.5, 0.6) is 0 Å². The fourth-order valence-corrected chi connectivity index (χ4v) is 2.83. The zero-order chi connectivity index (χ0) is 16.1. The minimum Gasteiger partial charge on any atom is -0.393 e. The summed E-state index contributed by atoms with van der Waals surface area (Å²) in [4.78, 5) is 23.6. The topological polar surface area (TPSA) is 78.4 Å². The normalized spacial score (nSPS) is 21.2. The molecule has 1 saturated carbocycles. The first-order valence-electron chi connectivity index (χ1n) is 7.18. The predicted octanol–water partition coefficient (Wildman–Crippen LogP) is 2.60. The summed E-state index contributed by atoms with van der Waals surface area (Å²) in [6.45, 7) is 0.394. The van der Waals surface area contributed by atoms with E-state index < -0.39 is 11.8 Å². The van der Waals surface area contributed by atoms with Crippen LogP contribution in [0.4, 0.5) is 5.69 Å². The summed E-state index contributed by atoms with van der Waals surface area (Å²) in [6.07, 6.45) is 3.06. The van der Waals surface area contributed by atoms with Crippen molar-refractivity contribution in [3.05, 3.63) is 28.2 Å². The van der Waals surface area contributed by atoms with E-state index in [9.17, 15) is 14.7 Å². The first-order chi connectivity index (χ1) is 10.5. The minimum atomic E-state index is -0.755. The highest BCUT2D eigenvalue weighted by Gasteiger charge is 2.22. The van der Waals surface area contributed by atoms with E-state index in [-0.39, 0.29) is 12.0 Å². The van der Waals surface area contributed by atoms with Gasteiger partial charge in [-0.3, -0.25) is 9.59 Å². The van der Waals surface area contributed by atoms with Crippen LogP contribution >= 0.6 is 23.2 Å². The summed E-state index contributed by atoms with van der Waals surface area (Å²) < 4.78 is 0. The first kappa shape index (κ1) is 17.1. The third-order valence-electron chi connectivity index (χ3n) is 3.69. The SMILES string of the molecule is O=C(NCC1CCCC(O)C1)C(=O)Nc1ccc(Cl)c(Cl)c1. The lowest BCUT2D eigenvalue weighted by atomic mass is 9.87. The summed E-state index contributed by atoms with van der Waals surface area (Å²) >= 11 is 11.6. The molecule has 2 amide bonds. The second-order valence-electron chi connectivity index (χ2n) is 5.48. The first-order valence-corrected chi connectivity index (χ1v) is 7.93. The number of carbonyl (C=O) groups is 2. The fraction of sp³-hybridized carbons (Fsp3) is 0.467. The summed E-state index contributed by atoms with van der Waals surface area (Å²) in [5.41, 5.74) is 0.405. The molecular weight excluding hydrogens is 327 g/mol. The summed E-state index contributed by atoms with van der Waals surface area (Å²) in [7, 11) is 0. The Labute approximate surface area is 139 Å². The van der Waals surface area contributed by atoms with Gasteiger partial charge >= 0.3 is 11.8 Å². The number of anilines is 1. The van der Waals surface area contributed by atoms with Crippen molar-refractivity contribution in [2.45, 2.75) is 31.8 Å². The predicted molar refractivity (Wildman–Crippen MR) is 86.1 cm³/mol. The van der Waals surface area contributed by atoms with E-state index in [2.05, 4.69) is 10.6 Å². The highest BCUT2D eigenvalue weighted by atomic mass is 35.5. The Morgan fingerprint density at radius 2 is 1.95 bits per heavy atom. The van der Waals surface area contributed by atoms with Gasteiger partial charge in [0.1, 0.15) is 0 Å². The number of benzene rings is 1. The van der Waals surface area contributed by atoms with Crippen LogP contribution in [0.25, 0.3) is 0 Å². The quantitative estimate of drug-likeness (QED) is 0.737. The monoisotopic (exact) mass is 344 g/mol. The molecule has 120 valence electrons. The number of hydrogen-bond donors (Lipinski definition) is 3. The summed E-state index contributed by atoms with van der Waals surface area (Å²) in [6, 6.07) is 4.59. The van der Waals surface area contributed by atoms with Crippen molar-refractivity contribution in [3.63, 3.8) is 0 Å². The number of hydrogen-bond acceptors (Lipinski definition) is 3. The Bertz CT molecular complexity index is 566. The number of amides is 2. The molecule has 0 spiro atoms. The van der Waals surface area contributed by atoms with Crippen LogP contribution in [-0.2, 0) is 9.59 Å². The van der Waals surface area contributed by atoms with Crippen LogP contribution in [-0.4, -0.2) is 29.6 Å². The lowest BCUT2D eigenvalue weighted by Gasteiger charge is -2.25. The number of halogens is 2. The molecule has 0 bridgehead atoms. The molecule has 0 aromatic heterocycles. The van der Waals surface area contributed by atoms with Gasteiger partial charge in [0.25, 0.3) is 0 Å². The maximum atomic E-state index is 11.8. The van der Waals surface area contributed by atoms with Gasteiger partial charge in [-0.2, -0.15) is 0 Å². The molecule has 1 aliphatic rings. The molecule has 1 fully saturated rings. The van der Waals surface area contributed by atoms with Gasteiger partial charge in [0.05, 0.1) is 16.1 Å². The van der Waals surface area contributed by atoms with Crippen molar-refractivity contribution < 1.29 is 14.7 Å². The van der Waals surface area contributed by atoms with E-state index in [1.807, 2.05) is 0 Å². The van der Waals surface area contributed by atoms with Crippen molar-refractivity contribution in [2.75, 3.05) is 11.9 Å². The minimum absolute atomic E-state index is 0.213. The lowest BCUT2D eigenvalue weighted by molar-refractivity contribution is -0.136. The van der Waals surface area contributed by atoms with Gasteiger partial charge in [-0.1, -0.05) is 29.6 Å². The Morgan fingerprint density at radius 3 is 2.64 bits per heavy atom. The third kappa shape index (κ3) is 4.87. The standard InChI is InChI=1S/C15H18Cl2N2O3/c16-12-5-4-10(7-13(12)17)19-15(22)14(21)18-8-9-2-1-3-11(20)6-9/h4-5,7,9,11,20H,1-3,6,8H2,(H,18,21)(H,19,22). The van der Waals surface area contributed by atoms with Crippen molar-refractivity contribution in [1.29, 1.82) is 0 Å². The fourth-order valence-electron chi connectivity index (χ4n) is 2.53. The van der Waals surface area contributed by atoms with Gasteiger partial charge < -0.3 is 15.7 Å². The molecule has 3 N–H and O–H groups in total. The molecule has 1 aromatic carbocycles. The van der Waals surface area contributed by atoms with Crippen molar-refractivity contribution in [2.24, 2.45) is 5.92 Å². The maximum Gasteiger partial charge on any atom is 0.313 e. The summed E-state index contributed by atoms with van der Waals surface area (Å²) in [5.74, 6) is -1.24. The van der Waals surface area contributed by atoms with Gasteiger partial charge in [-0.15, -0.1) is 0 Å². The third-order valence-corrected chi connectivity index (χ3v) is 4.43. The van der Waals surface area contributed by atoms with Crippen LogP contribution < -0.4 is 10.6 Å². The lowest BCUT2D eigenvalue weighted by Crippen LogP contribution is -2.39. The number of aliphatic hydroxyl groups excluding tert-OH is 1. The Kier molecular flexibility index (Phi) is 6.06. The number of nitrogens with one attached hydrogen (secondary N) is 2. The van der Waals surface area contributed by atoms with Gasteiger partial charge in [-0.05, 0) is 43.4 Å². The smallest absolute Gasteiger partial charge is 0.313 e. The Morgan fingerprint density at radius 1 is 1.18 bits per heavy atom. The Hall–Kier alpha value is -1.30. The van der Waals surface area contributed by atoms with Crippen LogP contribution in [0.1, 0.15) is 25.7 Å². The van der Waals surface area contributed by atoms with Crippen molar-refractivity contribution in [1.82, 2.24) is 5.32 Å². The van der Waals surface area contributed by atoms with Gasteiger partial charge in [0.15, 0.2) is 0 Å². The van der Waals surface area contributed by atoms with Crippen LogP contribution in [0.15, 0.2) is 18.2 Å². The van der Waals surface area contributed by atoms with Crippen molar-refractivity contribution >= 4 is 40.7 Å². The van der Waals surface area contributed by atoms with Crippen LogP contribution in [0, 0.1) is 5.92 Å². The average molecular weight is 345 g/mol. The molecule has 2 unspecified atom stereocenters. The van der Waals surface area contributed by atoms with Gasteiger partial charge in [-0.25, -0.2) is 0 Å². The molecule has 7 heteroatoms. The summed E-state index contributed by atoms with van der Waals surface area (Å²) in [5, 5.41) is 15.3. The molecule has 0 heterocycles. The zero-order valence-electron chi connectivity index (χ0n) is 11.9. The molecule has 1 aromatic rings. The molecule has 1 aliphatic carbocycles. The van der Waals surface area contributed by atoms with E-state index in [0.717, 1.165) is 19.3 Å². The second kappa shape index (κ2) is 7.81. The van der Waals surface area contributed by atoms with E-state index in [0.29, 0.717) is 28.7 Å². The highest BCUT2D eigenvalue weighted by Crippen LogP contribution is 2.25. The Balaban J connectivity index is 1.81. The maximum absolute atomic E-state index is 11.8. The number of rotatable bonds is 3. The van der Waals surface area contributed by atoms with Gasteiger partial charge in [0.2, 0.25) is 0 Å². The molecule has 22 heavy (non-hydrogen) atoms. The molecule has 0 radical (unpaired) electrons. The molecule has 2 rings (SSSR count). The van der Waals surface area contributed by atoms with Crippen LogP contribution in [0.3, 0.4) is 0 Å². The average Bonchev–Trinajstić information content (AvgIpc) is 2.48. The largest absolute Gasteiger partial charge is 0.393 e. The molecule has 0 saturated heterocycles. The molecule has 2 atom stereocenters. The van der Waals surface area contributed by atoms with E-state index in [1.165, 1.54) is 6.07 Å². The number of aliphatic hydroxyl groups is 1.